The number of aliphatic imine (C=N–C) groups is 4. The van der Waals surface area contributed by atoms with Crippen molar-refractivity contribution in [2.75, 3.05) is 0 Å². The molecule has 5 aliphatic rings. The number of fused-ring (bicyclic) bond motifs is 4. The second-order valence-corrected chi connectivity index (χ2v) is 5.67. The van der Waals surface area contributed by atoms with E-state index in [1.54, 1.807) is 6.08 Å². The summed E-state index contributed by atoms with van der Waals surface area (Å²) in [5, 5.41) is 0. The normalized spacial score (nSPS) is 21.8. The number of halogens is 2. The summed E-state index contributed by atoms with van der Waals surface area (Å²) < 4.78 is 8.11. The van der Waals surface area contributed by atoms with Gasteiger partial charge in [-0.25, -0.2) is 20.0 Å². The quantitative estimate of drug-likeness (QED) is 0.596. The van der Waals surface area contributed by atoms with Crippen LogP contribution < -0.4 is 0 Å². The lowest BCUT2D eigenvalue weighted by Crippen LogP contribution is -1.89. The molecule has 0 saturated carbocycles. The van der Waals surface area contributed by atoms with Gasteiger partial charge in [-0.1, -0.05) is 0 Å². The van der Waals surface area contributed by atoms with Gasteiger partial charge in [0.1, 0.15) is 0 Å². The first-order valence-corrected chi connectivity index (χ1v) is 7.66. The van der Waals surface area contributed by atoms with Crippen molar-refractivity contribution in [2.24, 2.45) is 20.0 Å². The fourth-order valence-corrected chi connectivity index (χ4v) is 2.76. The molecule has 0 aromatic carbocycles. The molecular formula is C20H14Cl2N4. The highest BCUT2D eigenvalue weighted by atomic mass is 35.5. The summed E-state index contributed by atoms with van der Waals surface area (Å²) in [4.78, 5) is 18.2. The minimum atomic E-state index is 0. The van der Waals surface area contributed by atoms with E-state index in [1.165, 1.54) is 0 Å². The lowest BCUT2D eigenvalue weighted by Gasteiger charge is -1.94. The highest BCUT2D eigenvalue weighted by molar-refractivity contribution is 6.14. The number of hydrogen-bond acceptors (Lipinski definition) is 4. The molecule has 0 N–H and O–H groups in total. The Morgan fingerprint density at radius 3 is 1.27 bits per heavy atom. The van der Waals surface area contributed by atoms with Gasteiger partial charge in [0.25, 0.3) is 0 Å². The van der Waals surface area contributed by atoms with Gasteiger partial charge in [-0.2, -0.15) is 0 Å². The van der Waals surface area contributed by atoms with Crippen molar-refractivity contribution < 1.29 is 1.37 Å². The fourth-order valence-electron chi connectivity index (χ4n) is 2.76. The Hall–Kier alpha value is -2.82. The average Bonchev–Trinajstić information content (AvgIpc) is 3.33. The monoisotopic (exact) mass is 381 g/mol. The van der Waals surface area contributed by atoms with Crippen LogP contribution in [0.2, 0.25) is 0 Å². The molecule has 26 heavy (non-hydrogen) atoms. The number of hydrogen-bond donors (Lipinski definition) is 0. The summed E-state index contributed by atoms with van der Waals surface area (Å²) in [5.74, 6) is 0. The summed E-state index contributed by atoms with van der Waals surface area (Å²) in [6.45, 7) is 0. The van der Waals surface area contributed by atoms with Crippen molar-refractivity contribution in [3.8, 4) is 0 Å². The lowest BCUT2D eigenvalue weighted by atomic mass is 10.2. The molecule has 0 spiro atoms. The zero-order valence-electron chi connectivity index (χ0n) is 14.5. The molecule has 0 unspecified atom stereocenters. The molecule has 0 aromatic heterocycles. The van der Waals surface area contributed by atoms with E-state index in [-0.39, 0.29) is 24.8 Å². The molecule has 0 aromatic rings. The second kappa shape index (κ2) is 7.20. The first kappa shape index (κ1) is 16.6. The molecular weight excluding hydrogens is 367 g/mol. The molecule has 8 bridgehead atoms. The van der Waals surface area contributed by atoms with Crippen LogP contribution in [0.25, 0.3) is 0 Å². The minimum absolute atomic E-state index is 0. The van der Waals surface area contributed by atoms with Crippen LogP contribution in [-0.2, 0) is 0 Å². The third kappa shape index (κ3) is 3.57. The van der Waals surface area contributed by atoms with Gasteiger partial charge < -0.3 is 0 Å². The van der Waals surface area contributed by atoms with Crippen LogP contribution >= 0.6 is 24.8 Å². The molecule has 5 aliphatic heterocycles. The molecule has 0 atom stereocenters. The minimum Gasteiger partial charge on any atom is -0.249 e. The molecule has 0 radical (unpaired) electrons. The van der Waals surface area contributed by atoms with Crippen molar-refractivity contribution in [3.05, 3.63) is 95.7 Å². The molecule has 0 aliphatic carbocycles. The predicted molar refractivity (Wildman–Crippen MR) is 113 cm³/mol. The number of nitrogens with zero attached hydrogens (tertiary/aromatic N) is 4. The Kier molecular flexibility index (Phi) is 4.61. The van der Waals surface area contributed by atoms with Gasteiger partial charge in [-0.3, -0.25) is 0 Å². The van der Waals surface area contributed by atoms with E-state index >= 15 is 0 Å². The van der Waals surface area contributed by atoms with Crippen molar-refractivity contribution >= 4 is 47.7 Å². The average molecular weight is 382 g/mol. The molecule has 6 heteroatoms. The van der Waals surface area contributed by atoms with Crippen molar-refractivity contribution in [2.45, 2.75) is 0 Å². The van der Waals surface area contributed by atoms with Crippen LogP contribution in [0.15, 0.2) is 116 Å². The van der Waals surface area contributed by atoms with Gasteiger partial charge in [0.15, 0.2) is 0 Å². The summed E-state index contributed by atoms with van der Waals surface area (Å²) in [5.41, 5.74) is 6.33. The first-order chi connectivity index (χ1) is 12.2. The van der Waals surface area contributed by atoms with Gasteiger partial charge in [0.2, 0.25) is 0 Å². The van der Waals surface area contributed by atoms with E-state index in [0.29, 0.717) is 11.8 Å². The molecule has 5 rings (SSSR count). The van der Waals surface area contributed by atoms with Crippen LogP contribution in [0.3, 0.4) is 0 Å². The molecule has 128 valence electrons. The van der Waals surface area contributed by atoms with Crippen molar-refractivity contribution in [3.63, 3.8) is 0 Å². The highest BCUT2D eigenvalue weighted by Gasteiger charge is 2.11. The molecule has 5 heterocycles. The first-order valence-electron chi connectivity index (χ1n) is 8.16. The maximum atomic E-state index is 8.11. The van der Waals surface area contributed by atoms with Gasteiger partial charge in [0, 0.05) is 0 Å². The Balaban J connectivity index is 0.00000105. The van der Waals surface area contributed by atoms with Crippen molar-refractivity contribution in [1.29, 1.82) is 0 Å². The zero-order valence-corrected chi connectivity index (χ0v) is 15.1. The maximum absolute atomic E-state index is 8.11. The van der Waals surface area contributed by atoms with Gasteiger partial charge >= 0.3 is 0 Å². The fraction of sp³-hybridized carbons (Fsp3) is 0. The van der Waals surface area contributed by atoms with E-state index in [4.69, 9.17) is 1.37 Å². The summed E-state index contributed by atoms with van der Waals surface area (Å²) in [6.07, 6.45) is 21.0. The summed E-state index contributed by atoms with van der Waals surface area (Å²) in [6, 6.07) is 0.379. The van der Waals surface area contributed by atoms with Gasteiger partial charge in [-0.15, -0.1) is 24.8 Å². The van der Waals surface area contributed by atoms with Crippen LogP contribution in [0, 0.1) is 0 Å². The Morgan fingerprint density at radius 2 is 0.808 bits per heavy atom. The molecule has 4 nitrogen and oxygen atoms in total. The molecule has 0 amide bonds. The van der Waals surface area contributed by atoms with E-state index < -0.39 is 0 Å². The topological polar surface area (TPSA) is 49.4 Å². The Labute approximate surface area is 164 Å². The maximum Gasteiger partial charge on any atom is 0.0659 e. The second-order valence-electron chi connectivity index (χ2n) is 5.67. The van der Waals surface area contributed by atoms with Crippen LogP contribution in [-0.4, -0.2) is 22.8 Å². The lowest BCUT2D eigenvalue weighted by molar-refractivity contribution is 1.41. The number of allylic oxidation sites excluding steroid dienone is 12. The smallest absolute Gasteiger partial charge is 0.0659 e. The molecule has 0 fully saturated rings. The predicted octanol–water partition coefficient (Wildman–Crippen LogP) is 4.42. The van der Waals surface area contributed by atoms with Crippen molar-refractivity contribution in [1.82, 2.24) is 0 Å². The Bertz CT molecular complexity index is 1090. The van der Waals surface area contributed by atoms with Gasteiger partial charge in [0.05, 0.1) is 47.0 Å². The zero-order chi connectivity index (χ0) is 16.8. The third-order valence-corrected chi connectivity index (χ3v) is 3.84. The standard InChI is InChI=1S/C20H12N4.2ClH/c1-2-14-10-16-5-6-18(23-16)12-20-8-7-19(24-20)11-17-4-3-15(22-17)9-13(1)21-14;;/h1-12H;2*1H/i1D;;. The largest absolute Gasteiger partial charge is 0.249 e. The van der Waals surface area contributed by atoms with E-state index in [1.807, 2.05) is 60.8 Å². The van der Waals surface area contributed by atoms with Gasteiger partial charge in [-0.05, 0) is 72.9 Å². The highest BCUT2D eigenvalue weighted by Crippen LogP contribution is 2.20. The SMILES string of the molecule is Cl.Cl.[2H]C1=CC2=CC3=NC(=CC4=NC(=CC5=NC(=CC1=N2)C=C5)C=C4)C=C3. The molecule has 0 saturated heterocycles. The van der Waals surface area contributed by atoms with Crippen LogP contribution in [0.5, 0.6) is 0 Å². The van der Waals surface area contributed by atoms with Crippen LogP contribution in [0.1, 0.15) is 1.37 Å². The third-order valence-electron chi connectivity index (χ3n) is 3.84. The van der Waals surface area contributed by atoms with E-state index in [9.17, 15) is 0 Å². The number of rotatable bonds is 0. The van der Waals surface area contributed by atoms with Crippen LogP contribution in [0.4, 0.5) is 0 Å². The van der Waals surface area contributed by atoms with E-state index in [2.05, 4.69) is 20.0 Å². The summed E-state index contributed by atoms with van der Waals surface area (Å²) in [7, 11) is 0. The summed E-state index contributed by atoms with van der Waals surface area (Å²) >= 11 is 0. The van der Waals surface area contributed by atoms with E-state index in [0.717, 1.165) is 39.9 Å². The Morgan fingerprint density at radius 1 is 0.462 bits per heavy atom.